The van der Waals surface area contributed by atoms with Crippen molar-refractivity contribution in [1.82, 2.24) is 0 Å². The summed E-state index contributed by atoms with van der Waals surface area (Å²) in [5.41, 5.74) is 3.10. The van der Waals surface area contributed by atoms with Gasteiger partial charge in [-0.15, -0.1) is 0 Å². The van der Waals surface area contributed by atoms with Gasteiger partial charge in [0, 0.05) is 24.9 Å². The summed E-state index contributed by atoms with van der Waals surface area (Å²) in [5, 5.41) is 13.7. The Balaban J connectivity index is 2.51. The van der Waals surface area contributed by atoms with Gasteiger partial charge in [0.25, 0.3) is 0 Å². The Bertz CT molecular complexity index is 307. The molecule has 1 aromatic rings. The van der Waals surface area contributed by atoms with E-state index in [1.165, 1.54) is 6.21 Å². The van der Waals surface area contributed by atoms with Crippen LogP contribution in [0.3, 0.4) is 0 Å². The van der Waals surface area contributed by atoms with Crippen molar-refractivity contribution in [2.45, 2.75) is 0 Å². The summed E-state index contributed by atoms with van der Waals surface area (Å²) in [7, 11) is 0. The third-order valence-corrected chi connectivity index (χ3v) is 1.99. The van der Waals surface area contributed by atoms with E-state index >= 15 is 0 Å². The lowest BCUT2D eigenvalue weighted by Gasteiger charge is -2.21. The quantitative estimate of drug-likeness (QED) is 0.547. The molecule has 62 valence electrons. The van der Waals surface area contributed by atoms with Crippen molar-refractivity contribution < 1.29 is 0 Å². The summed E-state index contributed by atoms with van der Waals surface area (Å²) in [4.78, 5) is 0. The maximum absolute atomic E-state index is 7.19. The van der Waals surface area contributed by atoms with Crippen molar-refractivity contribution in [3.05, 3.63) is 23.8 Å². The van der Waals surface area contributed by atoms with E-state index in [0.29, 0.717) is 0 Å². The third-order valence-electron chi connectivity index (χ3n) is 1.99. The molecule has 0 fully saturated rings. The fourth-order valence-corrected chi connectivity index (χ4v) is 1.42. The van der Waals surface area contributed by atoms with Gasteiger partial charge < -0.3 is 16.0 Å². The number of fused-ring (bicyclic) bond motifs is 1. The molecule has 1 aliphatic rings. The first-order valence-corrected chi connectivity index (χ1v) is 4.03. The fraction of sp³-hybridized carbons (Fsp3) is 0.222. The molecular formula is C9H11N3. The normalized spacial score (nSPS) is 14.0. The standard InChI is InChI=1S/C9H11N3/c10-6-7-2-1-3-8-9(7)12-5-4-11-8/h1-3,6,10-12H,4-5H2. The van der Waals surface area contributed by atoms with E-state index in [0.717, 1.165) is 30.0 Å². The Hall–Kier alpha value is -1.51. The predicted molar refractivity (Wildman–Crippen MR) is 51.3 cm³/mol. The fourth-order valence-electron chi connectivity index (χ4n) is 1.42. The zero-order chi connectivity index (χ0) is 8.39. The molecule has 0 aliphatic carbocycles. The second kappa shape index (κ2) is 2.85. The van der Waals surface area contributed by atoms with Gasteiger partial charge in [0.05, 0.1) is 11.4 Å². The number of hydrogen-bond donors (Lipinski definition) is 3. The van der Waals surface area contributed by atoms with Crippen molar-refractivity contribution in [2.24, 2.45) is 0 Å². The highest BCUT2D eigenvalue weighted by Gasteiger charge is 2.09. The van der Waals surface area contributed by atoms with Gasteiger partial charge in [-0.25, -0.2) is 0 Å². The van der Waals surface area contributed by atoms with E-state index in [4.69, 9.17) is 5.41 Å². The molecule has 0 saturated carbocycles. The van der Waals surface area contributed by atoms with Crippen LogP contribution in [0.1, 0.15) is 5.56 Å². The van der Waals surface area contributed by atoms with Gasteiger partial charge in [0.1, 0.15) is 0 Å². The molecule has 3 nitrogen and oxygen atoms in total. The van der Waals surface area contributed by atoms with Crippen molar-refractivity contribution in [2.75, 3.05) is 23.7 Å². The summed E-state index contributed by atoms with van der Waals surface area (Å²) in [5.74, 6) is 0. The minimum absolute atomic E-state index is 0.928. The molecule has 3 heteroatoms. The lowest BCUT2D eigenvalue weighted by molar-refractivity contribution is 1.04. The van der Waals surface area contributed by atoms with E-state index < -0.39 is 0 Å². The van der Waals surface area contributed by atoms with E-state index in [9.17, 15) is 0 Å². The van der Waals surface area contributed by atoms with Gasteiger partial charge in [0.15, 0.2) is 0 Å². The maximum Gasteiger partial charge on any atom is 0.0665 e. The molecule has 2 rings (SSSR count). The smallest absolute Gasteiger partial charge is 0.0665 e. The second-order valence-electron chi connectivity index (χ2n) is 2.77. The lowest BCUT2D eigenvalue weighted by Crippen LogP contribution is -2.21. The Kier molecular flexibility index (Phi) is 1.70. The topological polar surface area (TPSA) is 47.9 Å². The summed E-state index contributed by atoms with van der Waals surface area (Å²) < 4.78 is 0. The number of rotatable bonds is 1. The van der Waals surface area contributed by atoms with E-state index in [2.05, 4.69) is 10.6 Å². The van der Waals surface area contributed by atoms with Crippen LogP contribution in [0.25, 0.3) is 0 Å². The number of para-hydroxylation sites is 1. The molecule has 0 unspecified atom stereocenters. The van der Waals surface area contributed by atoms with Crippen LogP contribution >= 0.6 is 0 Å². The molecule has 0 bridgehead atoms. The molecule has 3 N–H and O–H groups in total. The molecule has 1 aromatic carbocycles. The monoisotopic (exact) mass is 161 g/mol. The zero-order valence-electron chi connectivity index (χ0n) is 6.72. The molecule has 1 heterocycles. The van der Waals surface area contributed by atoms with Gasteiger partial charge in [0.2, 0.25) is 0 Å². The van der Waals surface area contributed by atoms with Crippen LogP contribution in [-0.4, -0.2) is 19.3 Å². The van der Waals surface area contributed by atoms with Gasteiger partial charge >= 0.3 is 0 Å². The highest BCUT2D eigenvalue weighted by molar-refractivity contribution is 5.92. The highest BCUT2D eigenvalue weighted by atomic mass is 15.0. The molecule has 0 atom stereocenters. The number of benzene rings is 1. The van der Waals surface area contributed by atoms with Crippen LogP contribution in [0, 0.1) is 5.41 Å². The van der Waals surface area contributed by atoms with Crippen LogP contribution in [-0.2, 0) is 0 Å². The first kappa shape index (κ1) is 7.16. The minimum Gasteiger partial charge on any atom is -0.382 e. The molecule has 0 radical (unpaired) electrons. The van der Waals surface area contributed by atoms with Crippen molar-refractivity contribution in [3.8, 4) is 0 Å². The van der Waals surface area contributed by atoms with Crippen LogP contribution in [0.5, 0.6) is 0 Å². The lowest BCUT2D eigenvalue weighted by atomic mass is 10.1. The highest BCUT2D eigenvalue weighted by Crippen LogP contribution is 2.26. The minimum atomic E-state index is 0.928. The Morgan fingerprint density at radius 3 is 2.92 bits per heavy atom. The van der Waals surface area contributed by atoms with E-state index in [1.807, 2.05) is 18.2 Å². The largest absolute Gasteiger partial charge is 0.382 e. The molecule has 0 saturated heterocycles. The van der Waals surface area contributed by atoms with Crippen molar-refractivity contribution in [3.63, 3.8) is 0 Å². The summed E-state index contributed by atoms with van der Waals surface area (Å²) in [6, 6.07) is 5.92. The first-order chi connectivity index (χ1) is 5.92. The average Bonchev–Trinajstić information content (AvgIpc) is 2.17. The van der Waals surface area contributed by atoms with Gasteiger partial charge in [-0.05, 0) is 6.07 Å². The van der Waals surface area contributed by atoms with Gasteiger partial charge in [-0.2, -0.15) is 0 Å². The van der Waals surface area contributed by atoms with Crippen LogP contribution in [0.15, 0.2) is 18.2 Å². The second-order valence-corrected chi connectivity index (χ2v) is 2.77. The molecule has 0 spiro atoms. The number of hydrogen-bond acceptors (Lipinski definition) is 3. The summed E-state index contributed by atoms with van der Waals surface area (Å²) in [6.45, 7) is 1.88. The van der Waals surface area contributed by atoms with Gasteiger partial charge in [-0.1, -0.05) is 12.1 Å². The third kappa shape index (κ3) is 1.03. The maximum atomic E-state index is 7.19. The Morgan fingerprint density at radius 2 is 2.08 bits per heavy atom. The van der Waals surface area contributed by atoms with Gasteiger partial charge in [-0.3, -0.25) is 0 Å². The Labute approximate surface area is 71.3 Å². The molecular weight excluding hydrogens is 150 g/mol. The van der Waals surface area contributed by atoms with Crippen LogP contribution in [0.2, 0.25) is 0 Å². The average molecular weight is 161 g/mol. The first-order valence-electron chi connectivity index (χ1n) is 4.03. The molecule has 12 heavy (non-hydrogen) atoms. The Morgan fingerprint density at radius 1 is 1.25 bits per heavy atom. The molecule has 0 amide bonds. The van der Waals surface area contributed by atoms with Crippen molar-refractivity contribution >= 4 is 17.6 Å². The zero-order valence-corrected chi connectivity index (χ0v) is 6.72. The molecule has 0 aromatic heterocycles. The molecule has 1 aliphatic heterocycles. The number of nitrogens with one attached hydrogen (secondary N) is 3. The SMILES string of the molecule is N=Cc1cccc2c1NCCN2. The number of anilines is 2. The van der Waals surface area contributed by atoms with Crippen molar-refractivity contribution in [1.29, 1.82) is 5.41 Å². The van der Waals surface area contributed by atoms with Crippen LogP contribution in [0.4, 0.5) is 11.4 Å². The summed E-state index contributed by atoms with van der Waals surface area (Å²) >= 11 is 0. The predicted octanol–water partition coefficient (Wildman–Crippen LogP) is 1.52. The summed E-state index contributed by atoms with van der Waals surface area (Å²) in [6.07, 6.45) is 1.37. The van der Waals surface area contributed by atoms with Crippen LogP contribution < -0.4 is 10.6 Å². The van der Waals surface area contributed by atoms with E-state index in [-0.39, 0.29) is 0 Å². The van der Waals surface area contributed by atoms with E-state index in [1.54, 1.807) is 0 Å².